The molecule has 2 rings (SSSR count). The molecule has 2 aromatic heterocycles. The Labute approximate surface area is 110 Å². The molecule has 0 bridgehead atoms. The van der Waals surface area contributed by atoms with Gasteiger partial charge >= 0.3 is 0 Å². The van der Waals surface area contributed by atoms with E-state index in [-0.39, 0.29) is 5.84 Å². The van der Waals surface area contributed by atoms with Gasteiger partial charge in [0.15, 0.2) is 11.5 Å². The average Bonchev–Trinajstić information content (AvgIpc) is 2.80. The molecule has 0 aromatic carbocycles. The highest BCUT2D eigenvalue weighted by molar-refractivity contribution is 5.85. The fourth-order valence-electron chi connectivity index (χ4n) is 1.73. The van der Waals surface area contributed by atoms with Crippen LogP contribution >= 0.6 is 0 Å². The third-order valence-electron chi connectivity index (χ3n) is 3.21. The Morgan fingerprint density at radius 1 is 1.42 bits per heavy atom. The van der Waals surface area contributed by atoms with Crippen molar-refractivity contribution in [2.75, 3.05) is 5.73 Å². The van der Waals surface area contributed by atoms with Crippen molar-refractivity contribution in [2.45, 2.75) is 26.8 Å². The fourth-order valence-corrected chi connectivity index (χ4v) is 1.73. The quantitative estimate of drug-likeness (QED) is 0.320. The van der Waals surface area contributed by atoms with E-state index in [1.165, 1.54) is 6.33 Å². The predicted molar refractivity (Wildman–Crippen MR) is 71.5 cm³/mol. The maximum atomic E-state index is 8.74. The van der Waals surface area contributed by atoms with Gasteiger partial charge in [0.25, 0.3) is 0 Å². The first-order valence-corrected chi connectivity index (χ1v) is 5.85. The standard InChI is InChI=1S/C11H17N7O/c1-11(2,10(13)17-19)3-4-18-6-16-7-8(12)14-5-15-9(7)18/h5-6,19H,3-4H2,1-2H3,(H2,13,17)(H2,12,14,15). The van der Waals surface area contributed by atoms with Crippen LogP contribution < -0.4 is 11.5 Å². The first-order valence-electron chi connectivity index (χ1n) is 5.85. The summed E-state index contributed by atoms with van der Waals surface area (Å²) in [5.74, 6) is 0.561. The van der Waals surface area contributed by atoms with Crippen LogP contribution in [0.15, 0.2) is 17.8 Å². The number of nitrogen functional groups attached to an aromatic ring is 1. The maximum Gasteiger partial charge on any atom is 0.165 e. The van der Waals surface area contributed by atoms with Crippen LogP contribution in [-0.2, 0) is 6.54 Å². The molecule has 8 nitrogen and oxygen atoms in total. The Balaban J connectivity index is 2.21. The lowest BCUT2D eigenvalue weighted by molar-refractivity contribution is 0.303. The van der Waals surface area contributed by atoms with Gasteiger partial charge in [0.05, 0.1) is 6.33 Å². The van der Waals surface area contributed by atoms with Crippen LogP contribution in [0.4, 0.5) is 5.82 Å². The van der Waals surface area contributed by atoms with E-state index in [9.17, 15) is 0 Å². The maximum absolute atomic E-state index is 8.74. The molecule has 0 unspecified atom stereocenters. The number of aryl methyl sites for hydroxylation is 1. The van der Waals surface area contributed by atoms with Crippen LogP contribution in [0.1, 0.15) is 20.3 Å². The van der Waals surface area contributed by atoms with Gasteiger partial charge in [0.1, 0.15) is 17.7 Å². The van der Waals surface area contributed by atoms with E-state index in [0.29, 0.717) is 29.9 Å². The molecule has 19 heavy (non-hydrogen) atoms. The lowest BCUT2D eigenvalue weighted by atomic mass is 9.88. The molecule has 5 N–H and O–H groups in total. The van der Waals surface area contributed by atoms with Crippen LogP contribution in [0.5, 0.6) is 0 Å². The minimum Gasteiger partial charge on any atom is -0.409 e. The molecule has 2 heterocycles. The van der Waals surface area contributed by atoms with Crippen molar-refractivity contribution in [3.63, 3.8) is 0 Å². The van der Waals surface area contributed by atoms with E-state index in [2.05, 4.69) is 20.1 Å². The zero-order valence-corrected chi connectivity index (χ0v) is 10.9. The molecule has 0 spiro atoms. The summed E-state index contributed by atoms with van der Waals surface area (Å²) in [7, 11) is 0. The molecule has 8 heteroatoms. The zero-order valence-electron chi connectivity index (χ0n) is 10.9. The summed E-state index contributed by atoms with van der Waals surface area (Å²) >= 11 is 0. The van der Waals surface area contributed by atoms with Gasteiger partial charge in [-0.3, -0.25) is 0 Å². The number of amidine groups is 1. The highest BCUT2D eigenvalue weighted by Gasteiger charge is 2.23. The summed E-state index contributed by atoms with van der Waals surface area (Å²) in [6, 6.07) is 0. The van der Waals surface area contributed by atoms with E-state index in [4.69, 9.17) is 16.7 Å². The Morgan fingerprint density at radius 2 is 2.16 bits per heavy atom. The molecular formula is C11H17N7O. The molecular weight excluding hydrogens is 246 g/mol. The molecule has 2 aromatic rings. The van der Waals surface area contributed by atoms with Crippen LogP contribution in [0, 0.1) is 5.41 Å². The number of oxime groups is 1. The lowest BCUT2D eigenvalue weighted by Crippen LogP contribution is -2.32. The number of nitrogens with zero attached hydrogens (tertiary/aromatic N) is 5. The van der Waals surface area contributed by atoms with Gasteiger partial charge in [-0.25, -0.2) is 15.0 Å². The fraction of sp³-hybridized carbons (Fsp3) is 0.455. The van der Waals surface area contributed by atoms with E-state index in [1.54, 1.807) is 6.33 Å². The van der Waals surface area contributed by atoms with Gasteiger partial charge < -0.3 is 21.2 Å². The van der Waals surface area contributed by atoms with Crippen molar-refractivity contribution in [1.29, 1.82) is 0 Å². The van der Waals surface area contributed by atoms with Crippen LogP contribution in [-0.4, -0.2) is 30.6 Å². The van der Waals surface area contributed by atoms with Crippen LogP contribution in [0.25, 0.3) is 11.2 Å². The van der Waals surface area contributed by atoms with Crippen LogP contribution in [0.2, 0.25) is 0 Å². The number of anilines is 1. The second-order valence-electron chi connectivity index (χ2n) is 4.99. The SMILES string of the molecule is CC(C)(CCn1cnc2c(N)ncnc21)C(N)=NO. The van der Waals surface area contributed by atoms with Gasteiger partial charge in [-0.1, -0.05) is 19.0 Å². The molecule has 102 valence electrons. The van der Waals surface area contributed by atoms with E-state index in [1.807, 2.05) is 18.4 Å². The van der Waals surface area contributed by atoms with Gasteiger partial charge in [-0.2, -0.15) is 0 Å². The zero-order chi connectivity index (χ0) is 14.0. The van der Waals surface area contributed by atoms with E-state index >= 15 is 0 Å². The Kier molecular flexibility index (Phi) is 3.24. The number of rotatable bonds is 4. The molecule has 0 saturated heterocycles. The van der Waals surface area contributed by atoms with Gasteiger partial charge in [-0.05, 0) is 6.42 Å². The molecule has 0 aliphatic rings. The first-order chi connectivity index (χ1) is 8.95. The molecule has 0 amide bonds. The lowest BCUT2D eigenvalue weighted by Gasteiger charge is -2.22. The summed E-state index contributed by atoms with van der Waals surface area (Å²) in [6.45, 7) is 4.45. The molecule has 0 fully saturated rings. The van der Waals surface area contributed by atoms with Crippen molar-refractivity contribution in [3.05, 3.63) is 12.7 Å². The number of fused-ring (bicyclic) bond motifs is 1. The highest BCUT2D eigenvalue weighted by Crippen LogP contribution is 2.23. The number of aromatic nitrogens is 4. The number of hydrogen-bond acceptors (Lipinski definition) is 6. The van der Waals surface area contributed by atoms with E-state index in [0.717, 1.165) is 0 Å². The van der Waals surface area contributed by atoms with Gasteiger partial charge in [-0.15, -0.1) is 0 Å². The predicted octanol–water partition coefficient (Wildman–Crippen LogP) is 0.571. The molecule has 0 radical (unpaired) electrons. The Bertz CT molecular complexity index is 617. The van der Waals surface area contributed by atoms with Crippen molar-refractivity contribution in [3.8, 4) is 0 Å². The summed E-state index contributed by atoms with van der Waals surface area (Å²) in [5.41, 5.74) is 12.2. The smallest absolute Gasteiger partial charge is 0.165 e. The number of imidazole rings is 1. The summed E-state index contributed by atoms with van der Waals surface area (Å²) < 4.78 is 1.87. The minimum atomic E-state index is -0.413. The molecule has 0 aliphatic carbocycles. The summed E-state index contributed by atoms with van der Waals surface area (Å²) in [4.78, 5) is 12.2. The third kappa shape index (κ3) is 2.42. The number of hydrogen-bond donors (Lipinski definition) is 3. The van der Waals surface area contributed by atoms with Crippen molar-refractivity contribution >= 4 is 22.8 Å². The van der Waals surface area contributed by atoms with Crippen molar-refractivity contribution in [2.24, 2.45) is 16.3 Å². The minimum absolute atomic E-state index is 0.200. The third-order valence-corrected chi connectivity index (χ3v) is 3.21. The second-order valence-corrected chi connectivity index (χ2v) is 4.99. The largest absolute Gasteiger partial charge is 0.409 e. The Morgan fingerprint density at radius 3 is 2.84 bits per heavy atom. The highest BCUT2D eigenvalue weighted by atomic mass is 16.4. The summed E-state index contributed by atoms with van der Waals surface area (Å²) in [5, 5.41) is 11.8. The van der Waals surface area contributed by atoms with E-state index < -0.39 is 5.41 Å². The Hall–Kier alpha value is -2.38. The normalized spacial score (nSPS) is 13.1. The monoisotopic (exact) mass is 263 g/mol. The average molecular weight is 263 g/mol. The van der Waals surface area contributed by atoms with Crippen molar-refractivity contribution in [1.82, 2.24) is 19.5 Å². The number of nitrogens with two attached hydrogens (primary N) is 2. The van der Waals surface area contributed by atoms with Crippen LogP contribution in [0.3, 0.4) is 0 Å². The van der Waals surface area contributed by atoms with Gasteiger partial charge in [0.2, 0.25) is 0 Å². The second kappa shape index (κ2) is 4.71. The van der Waals surface area contributed by atoms with Gasteiger partial charge in [0, 0.05) is 12.0 Å². The molecule has 0 aliphatic heterocycles. The topological polar surface area (TPSA) is 128 Å². The molecule has 0 atom stereocenters. The first kappa shape index (κ1) is 13.1. The molecule has 0 saturated carbocycles. The summed E-state index contributed by atoms with van der Waals surface area (Å²) in [6.07, 6.45) is 3.75. The van der Waals surface area contributed by atoms with Crippen molar-refractivity contribution < 1.29 is 5.21 Å².